The van der Waals surface area contributed by atoms with Crippen LogP contribution in [0.5, 0.6) is 5.75 Å². The van der Waals surface area contributed by atoms with Gasteiger partial charge in [-0.25, -0.2) is 0 Å². The van der Waals surface area contributed by atoms with Crippen molar-refractivity contribution in [2.45, 2.75) is 13.0 Å². The normalized spacial score (nSPS) is 13.6. The summed E-state index contributed by atoms with van der Waals surface area (Å²) in [4.78, 5) is -0.565. The van der Waals surface area contributed by atoms with E-state index in [1.807, 2.05) is 24.3 Å². The van der Waals surface area contributed by atoms with Gasteiger partial charge in [0.05, 0.1) is 0 Å². The Morgan fingerprint density at radius 1 is 1.50 bits per heavy atom. The zero-order valence-electron chi connectivity index (χ0n) is 7.85. The summed E-state index contributed by atoms with van der Waals surface area (Å²) in [5.41, 5.74) is 0. The van der Waals surface area contributed by atoms with Gasteiger partial charge >= 0.3 is 98.7 Å². The van der Waals surface area contributed by atoms with Crippen LogP contribution in [0.25, 0.3) is 0 Å². The van der Waals surface area contributed by atoms with Crippen LogP contribution in [0.1, 0.15) is 6.92 Å². The Hall–Kier alpha value is 0.0749. The van der Waals surface area contributed by atoms with E-state index in [1.54, 1.807) is 6.92 Å². The Labute approximate surface area is 98.5 Å². The van der Waals surface area contributed by atoms with E-state index < -0.39 is 11.0 Å². The third-order valence-electron chi connectivity index (χ3n) is 1.57. The standard InChI is InChI=1S/C9H11BIO2P/c1-7(12)6-13-8-2-4-9(5-3-8)14(10)11/h2-5,7,12H,6H2,1H3. The van der Waals surface area contributed by atoms with Crippen molar-refractivity contribution >= 4 is 39.2 Å². The molecular formula is C9H11BIO2P. The second-order valence-corrected chi connectivity index (χ2v) is 7.22. The van der Waals surface area contributed by atoms with Crippen LogP contribution in [0.4, 0.5) is 0 Å². The van der Waals surface area contributed by atoms with Crippen LogP contribution in [0.2, 0.25) is 0 Å². The first-order valence-corrected chi connectivity index (χ1v) is 8.41. The van der Waals surface area contributed by atoms with Crippen LogP contribution >= 0.6 is 26.9 Å². The predicted octanol–water partition coefficient (Wildman–Crippen LogP) is 1.99. The molecule has 0 saturated heterocycles. The molecule has 0 aromatic heterocycles. The van der Waals surface area contributed by atoms with Crippen molar-refractivity contribution in [3.63, 3.8) is 0 Å². The average molecular weight is 320 g/mol. The second kappa shape index (κ2) is 5.84. The average Bonchev–Trinajstić information content (AvgIpc) is 2.15. The van der Waals surface area contributed by atoms with Crippen molar-refractivity contribution in [3.05, 3.63) is 24.3 Å². The van der Waals surface area contributed by atoms with Crippen LogP contribution in [0.3, 0.4) is 0 Å². The summed E-state index contributed by atoms with van der Waals surface area (Å²) in [6.07, 6.45) is -0.439. The van der Waals surface area contributed by atoms with E-state index in [2.05, 4.69) is 22.0 Å². The third-order valence-corrected chi connectivity index (χ3v) is 4.04. The molecular weight excluding hydrogens is 309 g/mol. The van der Waals surface area contributed by atoms with E-state index in [-0.39, 0.29) is 0 Å². The maximum atomic E-state index is 9.01. The molecule has 74 valence electrons. The Kier molecular flexibility index (Phi) is 5.06. The Balaban J connectivity index is 2.61. The van der Waals surface area contributed by atoms with Gasteiger partial charge in [-0.05, 0) is 0 Å². The molecule has 1 aromatic rings. The zero-order chi connectivity index (χ0) is 10.6. The van der Waals surface area contributed by atoms with Crippen molar-refractivity contribution in [2.24, 2.45) is 0 Å². The first kappa shape index (κ1) is 12.1. The SMILES string of the molecule is B#P(I)c1ccc(OCC(C)O)cc1. The summed E-state index contributed by atoms with van der Waals surface area (Å²) in [6.45, 7) is 2.01. The number of aliphatic hydroxyl groups excluding tert-OH is 1. The number of hydrogen-bond acceptors (Lipinski definition) is 2. The van der Waals surface area contributed by atoms with E-state index in [0.717, 1.165) is 11.1 Å². The molecule has 14 heavy (non-hydrogen) atoms. The molecule has 0 fully saturated rings. The molecule has 0 heterocycles. The fourth-order valence-corrected chi connectivity index (χ4v) is 2.30. The van der Waals surface area contributed by atoms with Gasteiger partial charge in [0, 0.05) is 0 Å². The summed E-state index contributed by atoms with van der Waals surface area (Å²) < 4.78 is 5.32. The van der Waals surface area contributed by atoms with E-state index in [0.29, 0.717) is 6.61 Å². The topological polar surface area (TPSA) is 29.5 Å². The number of benzene rings is 1. The van der Waals surface area contributed by atoms with Gasteiger partial charge in [0.2, 0.25) is 0 Å². The molecule has 1 rings (SSSR count). The van der Waals surface area contributed by atoms with Crippen LogP contribution in [0, 0.1) is 0 Å². The minimum absolute atomic E-state index is 0.320. The van der Waals surface area contributed by atoms with E-state index in [9.17, 15) is 0 Å². The van der Waals surface area contributed by atoms with Crippen molar-refractivity contribution in [2.75, 3.05) is 6.61 Å². The predicted molar refractivity (Wildman–Crippen MR) is 69.9 cm³/mol. The zero-order valence-corrected chi connectivity index (χ0v) is 10.9. The van der Waals surface area contributed by atoms with Crippen LogP contribution < -0.4 is 10.0 Å². The summed E-state index contributed by atoms with van der Waals surface area (Å²) in [6, 6.07) is 7.65. The van der Waals surface area contributed by atoms with Gasteiger partial charge in [0.25, 0.3) is 0 Å². The molecule has 1 aromatic carbocycles. The van der Waals surface area contributed by atoms with Gasteiger partial charge in [-0.1, -0.05) is 0 Å². The minimum atomic E-state index is -0.565. The molecule has 0 aliphatic carbocycles. The first-order valence-electron chi connectivity index (χ1n) is 4.21. The third kappa shape index (κ3) is 4.07. The molecule has 0 amide bonds. The molecule has 0 bridgehead atoms. The van der Waals surface area contributed by atoms with E-state index in [1.165, 1.54) is 0 Å². The number of halogens is 1. The number of ether oxygens (including phenoxy) is 1. The van der Waals surface area contributed by atoms with Crippen molar-refractivity contribution in [3.8, 4) is 5.75 Å². The summed E-state index contributed by atoms with van der Waals surface area (Å²) in [5.74, 6) is 0.767. The van der Waals surface area contributed by atoms with Gasteiger partial charge in [-0.2, -0.15) is 0 Å². The number of rotatable bonds is 3. The fraction of sp³-hybridized carbons (Fsp3) is 0.333. The molecule has 1 N–H and O–H groups in total. The van der Waals surface area contributed by atoms with Crippen molar-refractivity contribution in [1.82, 2.24) is 0 Å². The molecule has 5 heteroatoms. The second-order valence-electron chi connectivity index (χ2n) is 2.97. The Morgan fingerprint density at radius 3 is 2.50 bits per heavy atom. The quantitative estimate of drug-likeness (QED) is 0.524. The Bertz CT molecular complexity index is 355. The summed E-state index contributed by atoms with van der Waals surface area (Å²) in [5, 5.41) is 10.1. The molecule has 0 saturated carbocycles. The first-order chi connectivity index (χ1) is 6.59. The summed E-state index contributed by atoms with van der Waals surface area (Å²) in [7, 11) is 5.76. The molecule has 0 aliphatic heterocycles. The van der Waals surface area contributed by atoms with Gasteiger partial charge in [-0.3, -0.25) is 0 Å². The van der Waals surface area contributed by atoms with Crippen molar-refractivity contribution < 1.29 is 9.84 Å². The van der Waals surface area contributed by atoms with Crippen LogP contribution in [-0.2, 0) is 0 Å². The van der Waals surface area contributed by atoms with Gasteiger partial charge < -0.3 is 0 Å². The number of hydrogen-bond donors (Lipinski definition) is 1. The van der Waals surface area contributed by atoms with Gasteiger partial charge in [-0.15, -0.1) is 0 Å². The molecule has 0 aliphatic rings. The van der Waals surface area contributed by atoms with Gasteiger partial charge in [0.1, 0.15) is 0 Å². The molecule has 2 atom stereocenters. The molecule has 0 radical (unpaired) electrons. The molecule has 2 unspecified atom stereocenters. The monoisotopic (exact) mass is 320 g/mol. The van der Waals surface area contributed by atoms with E-state index >= 15 is 0 Å². The fourth-order valence-electron chi connectivity index (χ4n) is 0.902. The van der Waals surface area contributed by atoms with Crippen LogP contribution in [0.15, 0.2) is 24.3 Å². The van der Waals surface area contributed by atoms with Gasteiger partial charge in [0.15, 0.2) is 0 Å². The van der Waals surface area contributed by atoms with Crippen LogP contribution in [-0.4, -0.2) is 24.8 Å². The molecule has 2 nitrogen and oxygen atoms in total. The Morgan fingerprint density at radius 2 is 2.07 bits per heavy atom. The van der Waals surface area contributed by atoms with Crippen molar-refractivity contribution in [1.29, 1.82) is 0 Å². The maximum absolute atomic E-state index is 9.01. The molecule has 0 spiro atoms. The summed E-state index contributed by atoms with van der Waals surface area (Å²) >= 11 is 2.21. The van der Waals surface area contributed by atoms with E-state index in [4.69, 9.17) is 16.9 Å². The number of aliphatic hydroxyl groups is 1.